The first-order valence-corrected chi connectivity index (χ1v) is 12.8. The van der Waals surface area contributed by atoms with Gasteiger partial charge in [0, 0.05) is 38.7 Å². The second-order valence-electron chi connectivity index (χ2n) is 9.32. The van der Waals surface area contributed by atoms with Crippen molar-refractivity contribution in [2.45, 2.75) is 0 Å². The summed E-state index contributed by atoms with van der Waals surface area (Å²) in [6.07, 6.45) is 5.72. The van der Waals surface area contributed by atoms with E-state index in [0.717, 1.165) is 49.7 Å². The van der Waals surface area contributed by atoms with Crippen LogP contribution in [0.4, 0.5) is 0 Å². The highest BCUT2D eigenvalue weighted by Gasteiger charge is 2.15. The average Bonchev–Trinajstić information content (AvgIpc) is 3.35. The van der Waals surface area contributed by atoms with Gasteiger partial charge in [0.15, 0.2) is 17.5 Å². The minimum absolute atomic E-state index is 0.625. The molecule has 182 valence electrons. The second kappa shape index (κ2) is 9.41. The quantitative estimate of drug-likeness (QED) is 0.231. The fourth-order valence-corrected chi connectivity index (χ4v) is 5.06. The Labute approximate surface area is 226 Å². The molecule has 2 heterocycles. The second-order valence-corrected chi connectivity index (χ2v) is 9.32. The van der Waals surface area contributed by atoms with E-state index in [4.69, 9.17) is 21.4 Å². The summed E-state index contributed by atoms with van der Waals surface area (Å²) in [5, 5.41) is 2.29. The predicted molar refractivity (Wildman–Crippen MR) is 158 cm³/mol. The topological polar surface area (TPSA) is 43.6 Å². The lowest BCUT2D eigenvalue weighted by Crippen LogP contribution is -2.01. The van der Waals surface area contributed by atoms with Gasteiger partial charge in [-0.3, -0.25) is 0 Å². The molecule has 0 spiro atoms. The zero-order chi connectivity index (χ0) is 26.2. The van der Waals surface area contributed by atoms with Crippen molar-refractivity contribution >= 4 is 21.8 Å². The van der Waals surface area contributed by atoms with Crippen molar-refractivity contribution in [2.75, 3.05) is 0 Å². The molecule has 0 radical (unpaired) electrons. The summed E-state index contributed by atoms with van der Waals surface area (Å²) in [6.45, 7) is 0. The molecule has 0 saturated carbocycles. The first-order chi connectivity index (χ1) is 19.3. The first kappa shape index (κ1) is 22.7. The van der Waals surface area contributed by atoms with E-state index >= 15 is 0 Å². The summed E-state index contributed by atoms with van der Waals surface area (Å²) in [5.41, 5.74) is 6.90. The average molecular weight is 499 g/mol. The third-order valence-corrected chi connectivity index (χ3v) is 6.90. The van der Waals surface area contributed by atoms with Gasteiger partial charge in [0.25, 0.3) is 0 Å². The van der Waals surface area contributed by atoms with Crippen LogP contribution in [0.5, 0.6) is 0 Å². The van der Waals surface area contributed by atoms with Gasteiger partial charge in [-0.2, -0.15) is 0 Å². The van der Waals surface area contributed by atoms with E-state index in [9.17, 15) is 0 Å². The molecule has 0 bridgehead atoms. The molecule has 5 aromatic carbocycles. The Morgan fingerprint density at radius 3 is 1.72 bits per heavy atom. The van der Waals surface area contributed by atoms with Gasteiger partial charge >= 0.3 is 0 Å². The molecule has 0 aliphatic rings. The van der Waals surface area contributed by atoms with Crippen molar-refractivity contribution in [2.24, 2.45) is 0 Å². The maximum absolute atomic E-state index is 5.72. The Balaban J connectivity index is 1.44. The van der Waals surface area contributed by atoms with E-state index < -0.39 is 0 Å². The Bertz CT molecular complexity index is 1960. The third kappa shape index (κ3) is 4.03. The lowest BCUT2D eigenvalue weighted by molar-refractivity contribution is 1.07. The van der Waals surface area contributed by atoms with E-state index in [0.29, 0.717) is 17.5 Å². The molecule has 0 aliphatic heterocycles. The van der Waals surface area contributed by atoms with Crippen LogP contribution < -0.4 is 0 Å². The molecule has 0 atom stereocenters. The third-order valence-electron chi connectivity index (χ3n) is 6.90. The van der Waals surface area contributed by atoms with E-state index in [1.165, 1.54) is 0 Å². The number of hydrogen-bond acceptors (Lipinski definition) is 3. The summed E-state index contributed by atoms with van der Waals surface area (Å²) >= 11 is 0. The Kier molecular flexibility index (Phi) is 5.46. The maximum Gasteiger partial charge on any atom is 0.164 e. The van der Waals surface area contributed by atoms with Crippen LogP contribution in [0.2, 0.25) is 0 Å². The molecule has 39 heavy (non-hydrogen) atoms. The molecule has 0 fully saturated rings. The van der Waals surface area contributed by atoms with E-state index in [1.807, 2.05) is 72.8 Å². The van der Waals surface area contributed by atoms with Crippen molar-refractivity contribution in [3.8, 4) is 52.2 Å². The minimum atomic E-state index is 0.625. The van der Waals surface area contributed by atoms with Crippen molar-refractivity contribution in [3.05, 3.63) is 133 Å². The number of fused-ring (bicyclic) bond motifs is 3. The smallest absolute Gasteiger partial charge is 0.164 e. The van der Waals surface area contributed by atoms with Crippen molar-refractivity contribution in [3.63, 3.8) is 0 Å². The normalized spacial score (nSPS) is 11.1. The Hall–Kier alpha value is -5.53. The highest BCUT2D eigenvalue weighted by atomic mass is 15.0. The van der Waals surface area contributed by atoms with Gasteiger partial charge in [-0.25, -0.2) is 15.0 Å². The van der Waals surface area contributed by atoms with Crippen LogP contribution in [0.1, 0.15) is 5.56 Å². The van der Waals surface area contributed by atoms with Gasteiger partial charge < -0.3 is 4.57 Å². The van der Waals surface area contributed by atoms with Crippen LogP contribution in [-0.2, 0) is 0 Å². The largest absolute Gasteiger partial charge is 0.309 e. The highest BCUT2D eigenvalue weighted by molar-refractivity contribution is 6.09. The lowest BCUT2D eigenvalue weighted by atomic mass is 10.1. The van der Waals surface area contributed by atoms with E-state index in [2.05, 4.69) is 65.1 Å². The van der Waals surface area contributed by atoms with Crippen molar-refractivity contribution < 1.29 is 0 Å². The Morgan fingerprint density at radius 2 is 1.05 bits per heavy atom. The van der Waals surface area contributed by atoms with Crippen LogP contribution in [0.3, 0.4) is 0 Å². The SMILES string of the molecule is C#Cc1ccc2c(c1)c1ccccc1n2-c1cccc(-c2nc(-c3ccccc3)nc(-c3ccccc3)n2)c1. The summed E-state index contributed by atoms with van der Waals surface area (Å²) in [4.78, 5) is 14.7. The summed E-state index contributed by atoms with van der Waals surface area (Å²) in [5.74, 6) is 4.68. The number of nitrogens with zero attached hydrogens (tertiary/aromatic N) is 4. The highest BCUT2D eigenvalue weighted by Crippen LogP contribution is 2.34. The summed E-state index contributed by atoms with van der Waals surface area (Å²) in [6, 6.07) is 43.0. The van der Waals surface area contributed by atoms with Gasteiger partial charge in [0.1, 0.15) is 0 Å². The molecule has 4 nitrogen and oxygen atoms in total. The van der Waals surface area contributed by atoms with Gasteiger partial charge in [-0.1, -0.05) is 96.9 Å². The van der Waals surface area contributed by atoms with Crippen molar-refractivity contribution in [1.29, 1.82) is 0 Å². The molecular formula is C35H22N4. The standard InChI is InChI=1S/C35H22N4/c1-2-24-20-21-32-30(22-24)29-18-9-10-19-31(29)39(32)28-17-11-16-27(23-28)35-37-33(25-12-5-3-6-13-25)36-34(38-35)26-14-7-4-8-15-26/h1,3-23H. The monoisotopic (exact) mass is 498 g/mol. The fraction of sp³-hybridized carbons (Fsp3) is 0. The molecule has 2 aromatic heterocycles. The molecule has 0 unspecified atom stereocenters. The first-order valence-electron chi connectivity index (χ1n) is 12.8. The number of terminal acetylenes is 1. The van der Waals surface area contributed by atoms with Crippen LogP contribution in [0.25, 0.3) is 61.7 Å². The van der Waals surface area contributed by atoms with Crippen LogP contribution >= 0.6 is 0 Å². The molecule has 0 amide bonds. The molecule has 4 heteroatoms. The van der Waals surface area contributed by atoms with Crippen LogP contribution in [0, 0.1) is 12.3 Å². The molecule has 0 N–H and O–H groups in total. The predicted octanol–water partition coefficient (Wildman–Crippen LogP) is 7.95. The van der Waals surface area contributed by atoms with Gasteiger partial charge in [0.05, 0.1) is 11.0 Å². The zero-order valence-corrected chi connectivity index (χ0v) is 21.0. The summed E-state index contributed by atoms with van der Waals surface area (Å²) < 4.78 is 2.27. The number of benzene rings is 5. The van der Waals surface area contributed by atoms with Gasteiger partial charge in [-0.05, 0) is 36.4 Å². The molecule has 7 aromatic rings. The fourth-order valence-electron chi connectivity index (χ4n) is 5.06. The lowest BCUT2D eigenvalue weighted by Gasteiger charge is -2.11. The zero-order valence-electron chi connectivity index (χ0n) is 21.0. The van der Waals surface area contributed by atoms with Crippen molar-refractivity contribution in [1.82, 2.24) is 19.5 Å². The number of para-hydroxylation sites is 1. The number of hydrogen-bond donors (Lipinski definition) is 0. The van der Waals surface area contributed by atoms with Crippen LogP contribution in [0.15, 0.2) is 127 Å². The van der Waals surface area contributed by atoms with E-state index in [-0.39, 0.29) is 0 Å². The molecule has 0 saturated heterocycles. The van der Waals surface area contributed by atoms with Gasteiger partial charge in [0.2, 0.25) is 0 Å². The Morgan fingerprint density at radius 1 is 0.487 bits per heavy atom. The summed E-state index contributed by atoms with van der Waals surface area (Å²) in [7, 11) is 0. The maximum atomic E-state index is 5.72. The number of aromatic nitrogens is 4. The van der Waals surface area contributed by atoms with E-state index in [1.54, 1.807) is 0 Å². The molecule has 0 aliphatic carbocycles. The molecular weight excluding hydrogens is 476 g/mol. The number of rotatable bonds is 4. The van der Waals surface area contributed by atoms with Crippen LogP contribution in [-0.4, -0.2) is 19.5 Å². The molecule has 7 rings (SSSR count). The van der Waals surface area contributed by atoms with Gasteiger partial charge in [-0.15, -0.1) is 6.42 Å². The minimum Gasteiger partial charge on any atom is -0.309 e.